The monoisotopic (exact) mass is 530 g/mol. The van der Waals surface area contributed by atoms with Gasteiger partial charge in [0.2, 0.25) is 5.91 Å². The number of hydrogen-bond acceptors (Lipinski definition) is 2. The van der Waals surface area contributed by atoms with E-state index in [-0.39, 0.29) is 24.4 Å². The molecule has 0 bridgehead atoms. The molecule has 7 heteroatoms. The molecule has 38 heavy (non-hydrogen) atoms. The minimum atomic E-state index is -0.316. The van der Waals surface area contributed by atoms with Crippen LogP contribution in [0.25, 0.3) is 10.9 Å². The largest absolute Gasteiger partial charge is 0.361 e. The van der Waals surface area contributed by atoms with Crippen molar-refractivity contribution in [3.63, 3.8) is 0 Å². The van der Waals surface area contributed by atoms with Crippen LogP contribution in [0.4, 0.5) is 10.5 Å². The molecule has 1 aromatic heterocycles. The summed E-state index contributed by atoms with van der Waals surface area (Å²) in [4.78, 5) is 33.7. The van der Waals surface area contributed by atoms with Crippen LogP contribution in [-0.4, -0.2) is 46.4 Å². The lowest BCUT2D eigenvalue weighted by Crippen LogP contribution is -2.46. The Bertz CT molecular complexity index is 1380. The van der Waals surface area contributed by atoms with Gasteiger partial charge in [-0.15, -0.1) is 0 Å². The molecule has 4 rings (SSSR count). The van der Waals surface area contributed by atoms with Gasteiger partial charge in [0.15, 0.2) is 0 Å². The van der Waals surface area contributed by atoms with Gasteiger partial charge in [0, 0.05) is 47.4 Å². The van der Waals surface area contributed by atoms with Gasteiger partial charge in [-0.1, -0.05) is 80.0 Å². The molecule has 0 aliphatic rings. The smallest absolute Gasteiger partial charge is 0.322 e. The van der Waals surface area contributed by atoms with Gasteiger partial charge in [0.05, 0.1) is 0 Å². The zero-order chi connectivity index (χ0) is 27.1. The van der Waals surface area contributed by atoms with Crippen molar-refractivity contribution in [1.82, 2.24) is 14.8 Å². The van der Waals surface area contributed by atoms with Gasteiger partial charge in [-0.2, -0.15) is 0 Å². The number of aromatic amines is 1. The third-order valence-corrected chi connectivity index (χ3v) is 6.92. The zero-order valence-electron chi connectivity index (χ0n) is 22.2. The number of fused-ring (bicyclic) bond motifs is 1. The van der Waals surface area contributed by atoms with E-state index < -0.39 is 0 Å². The molecule has 0 aliphatic carbocycles. The number of benzene rings is 3. The van der Waals surface area contributed by atoms with Crippen LogP contribution in [0, 0.1) is 12.8 Å². The Balaban J connectivity index is 1.50. The Kier molecular flexibility index (Phi) is 9.08. The van der Waals surface area contributed by atoms with Gasteiger partial charge >= 0.3 is 6.03 Å². The second-order valence-electron chi connectivity index (χ2n) is 10.1. The number of carbonyl (C=O) groups is 2. The number of para-hydroxylation sites is 1. The van der Waals surface area contributed by atoms with Crippen molar-refractivity contribution in [2.45, 2.75) is 33.7 Å². The predicted octanol–water partition coefficient (Wildman–Crippen LogP) is 6.89. The topological polar surface area (TPSA) is 68.4 Å². The number of nitrogens with zero attached hydrogens (tertiary/aromatic N) is 2. The molecule has 6 nitrogen and oxygen atoms in total. The second-order valence-corrected chi connectivity index (χ2v) is 10.5. The summed E-state index contributed by atoms with van der Waals surface area (Å²) < 4.78 is 0. The number of halogens is 1. The van der Waals surface area contributed by atoms with Crippen LogP contribution in [0.15, 0.2) is 79.0 Å². The van der Waals surface area contributed by atoms with E-state index in [9.17, 15) is 9.59 Å². The molecule has 198 valence electrons. The van der Waals surface area contributed by atoms with Crippen LogP contribution in [0.3, 0.4) is 0 Å². The molecular weight excluding hydrogens is 496 g/mol. The first-order valence-corrected chi connectivity index (χ1v) is 13.4. The third kappa shape index (κ3) is 7.17. The summed E-state index contributed by atoms with van der Waals surface area (Å²) in [7, 11) is 0. The minimum Gasteiger partial charge on any atom is -0.361 e. The SMILES string of the molecule is Cc1ccc(NC(=O)N(CC(=O)N(CCc2c[nH]c3ccccc23)Cc2ccccc2)CC(C)C)cc1Cl. The molecule has 3 aromatic carbocycles. The molecular formula is C31H35ClN4O2. The average Bonchev–Trinajstić information content (AvgIpc) is 3.31. The van der Waals surface area contributed by atoms with E-state index in [1.807, 2.05) is 86.5 Å². The molecule has 0 unspecified atom stereocenters. The van der Waals surface area contributed by atoms with Crippen molar-refractivity contribution in [2.75, 3.05) is 25.0 Å². The molecule has 0 saturated carbocycles. The lowest BCUT2D eigenvalue weighted by molar-refractivity contribution is -0.132. The van der Waals surface area contributed by atoms with Gasteiger partial charge in [0.25, 0.3) is 0 Å². The number of anilines is 1. The Morgan fingerprint density at radius 1 is 0.974 bits per heavy atom. The van der Waals surface area contributed by atoms with Crippen molar-refractivity contribution in [1.29, 1.82) is 0 Å². The summed E-state index contributed by atoms with van der Waals surface area (Å²) in [5, 5.41) is 4.66. The van der Waals surface area contributed by atoms with E-state index in [1.165, 1.54) is 5.56 Å². The zero-order valence-corrected chi connectivity index (χ0v) is 23.0. The first-order chi connectivity index (χ1) is 18.3. The number of amides is 3. The number of aromatic nitrogens is 1. The standard InChI is InChI=1S/C31H35ClN4O2/c1-22(2)19-36(31(38)34-26-14-13-23(3)28(32)17-26)21-30(37)35(20-24-9-5-4-6-10-24)16-15-25-18-33-29-12-8-7-11-27(25)29/h4-14,17-18,22,33H,15-16,19-21H2,1-3H3,(H,34,38). The Morgan fingerprint density at radius 2 is 1.71 bits per heavy atom. The maximum absolute atomic E-state index is 13.7. The Labute approximate surface area is 229 Å². The normalized spacial score (nSPS) is 11.1. The summed E-state index contributed by atoms with van der Waals surface area (Å²) in [5.41, 5.74) is 4.84. The number of H-pyrrole nitrogens is 1. The van der Waals surface area contributed by atoms with Gasteiger partial charge in [0.1, 0.15) is 6.54 Å². The summed E-state index contributed by atoms with van der Waals surface area (Å²) in [6.45, 7) is 7.45. The minimum absolute atomic E-state index is 0.00960. The van der Waals surface area contributed by atoms with Crippen molar-refractivity contribution in [3.05, 3.63) is 101 Å². The molecule has 0 spiro atoms. The fourth-order valence-electron chi connectivity index (χ4n) is 4.49. The first kappa shape index (κ1) is 27.3. The summed E-state index contributed by atoms with van der Waals surface area (Å²) in [6.07, 6.45) is 2.72. The maximum atomic E-state index is 13.7. The van der Waals surface area contributed by atoms with Crippen LogP contribution < -0.4 is 5.32 Å². The van der Waals surface area contributed by atoms with Crippen LogP contribution in [-0.2, 0) is 17.8 Å². The van der Waals surface area contributed by atoms with Crippen molar-refractivity contribution >= 4 is 40.1 Å². The first-order valence-electron chi connectivity index (χ1n) is 13.0. The highest BCUT2D eigenvalue weighted by Gasteiger charge is 2.23. The number of urea groups is 1. The molecule has 4 aromatic rings. The van der Waals surface area contributed by atoms with Gasteiger partial charge in [-0.25, -0.2) is 4.79 Å². The second kappa shape index (κ2) is 12.7. The molecule has 0 radical (unpaired) electrons. The molecule has 0 fully saturated rings. The van der Waals surface area contributed by atoms with Crippen molar-refractivity contribution < 1.29 is 9.59 Å². The quantitative estimate of drug-likeness (QED) is 0.234. The summed E-state index contributed by atoms with van der Waals surface area (Å²) >= 11 is 6.25. The van der Waals surface area contributed by atoms with Gasteiger partial charge < -0.3 is 20.1 Å². The van der Waals surface area contributed by atoms with Crippen LogP contribution in [0.1, 0.15) is 30.5 Å². The number of aryl methyl sites for hydroxylation is 1. The average molecular weight is 531 g/mol. The third-order valence-electron chi connectivity index (χ3n) is 6.52. The van der Waals surface area contributed by atoms with Crippen LogP contribution in [0.2, 0.25) is 5.02 Å². The van der Waals surface area contributed by atoms with Crippen molar-refractivity contribution in [3.8, 4) is 0 Å². The molecule has 0 aliphatic heterocycles. The highest BCUT2D eigenvalue weighted by Crippen LogP contribution is 2.21. The molecule has 2 N–H and O–H groups in total. The highest BCUT2D eigenvalue weighted by atomic mass is 35.5. The van der Waals surface area contributed by atoms with E-state index in [4.69, 9.17) is 11.6 Å². The fraction of sp³-hybridized carbons (Fsp3) is 0.290. The van der Waals surface area contributed by atoms with E-state index in [0.29, 0.717) is 36.8 Å². The van der Waals surface area contributed by atoms with E-state index in [2.05, 4.69) is 22.4 Å². The Hall–Kier alpha value is -3.77. The lowest BCUT2D eigenvalue weighted by atomic mass is 10.1. The Morgan fingerprint density at radius 3 is 2.45 bits per heavy atom. The number of rotatable bonds is 10. The summed E-state index contributed by atoms with van der Waals surface area (Å²) in [6, 6.07) is 23.2. The van der Waals surface area contributed by atoms with Crippen molar-refractivity contribution in [2.24, 2.45) is 5.92 Å². The molecule has 0 atom stereocenters. The summed E-state index contributed by atoms with van der Waals surface area (Å²) in [5.74, 6) is 0.107. The van der Waals surface area contributed by atoms with Gasteiger partial charge in [-0.05, 0) is 54.2 Å². The van der Waals surface area contributed by atoms with Crippen LogP contribution in [0.5, 0.6) is 0 Å². The van der Waals surface area contributed by atoms with E-state index in [1.54, 1.807) is 11.0 Å². The van der Waals surface area contributed by atoms with Gasteiger partial charge in [-0.3, -0.25) is 4.79 Å². The lowest BCUT2D eigenvalue weighted by Gasteiger charge is -2.29. The number of hydrogen-bond donors (Lipinski definition) is 2. The molecule has 0 saturated heterocycles. The predicted molar refractivity (Wildman–Crippen MR) is 155 cm³/mol. The van der Waals surface area contributed by atoms with E-state index in [0.717, 1.165) is 22.0 Å². The molecule has 3 amide bonds. The molecule has 1 heterocycles. The maximum Gasteiger partial charge on any atom is 0.322 e. The van der Waals surface area contributed by atoms with E-state index >= 15 is 0 Å². The fourth-order valence-corrected chi connectivity index (χ4v) is 4.67. The highest BCUT2D eigenvalue weighted by molar-refractivity contribution is 6.31. The number of nitrogens with one attached hydrogen (secondary N) is 2. The number of carbonyl (C=O) groups excluding carboxylic acids is 2. The van der Waals surface area contributed by atoms with Crippen LogP contribution >= 0.6 is 11.6 Å².